The number of ether oxygens (including phenoxy) is 1. The third kappa shape index (κ3) is 6.92. The molecule has 6 rings (SSSR count). The summed E-state index contributed by atoms with van der Waals surface area (Å²) in [5.74, 6) is -5.40. The van der Waals surface area contributed by atoms with Crippen LogP contribution < -0.4 is 21.3 Å². The van der Waals surface area contributed by atoms with E-state index in [1.54, 1.807) is 0 Å². The zero-order valence-corrected chi connectivity index (χ0v) is 29.3. The Labute approximate surface area is 303 Å². The number of anilines is 1. The number of pyridine rings is 2. The van der Waals surface area contributed by atoms with Gasteiger partial charge in [0.2, 0.25) is 0 Å². The highest BCUT2D eigenvalue weighted by Gasteiger charge is 2.38. The van der Waals surface area contributed by atoms with Crippen LogP contribution in [0.1, 0.15) is 28.7 Å². The minimum absolute atomic E-state index is 0.158. The number of nitrogens with zero attached hydrogens (tertiary/aromatic N) is 6. The molecule has 54 heavy (non-hydrogen) atoms. The largest absolute Gasteiger partial charge is 0.479 e. The van der Waals surface area contributed by atoms with E-state index in [0.717, 1.165) is 17.7 Å². The Morgan fingerprint density at radius 3 is 2.26 bits per heavy atom. The number of aromatic nitrogens is 6. The number of halogens is 2. The SMILES string of the molecule is COCc1ncc(-c2ccc(S(=O)(=O)Nc3cc(F)c(C(=O)N[C@](C)(C(=O)O)c4ccc(-n5c(=O)c6ccncc6n(C)c5=O)nc4)cc3F)cc2)cn1. The van der Waals surface area contributed by atoms with Crippen molar-refractivity contribution in [2.24, 2.45) is 7.05 Å². The van der Waals surface area contributed by atoms with E-state index in [0.29, 0.717) is 29.1 Å². The van der Waals surface area contributed by atoms with Gasteiger partial charge in [0.15, 0.2) is 11.4 Å². The van der Waals surface area contributed by atoms with Crippen LogP contribution in [0.4, 0.5) is 14.5 Å². The van der Waals surface area contributed by atoms with Crippen LogP contribution in [0.3, 0.4) is 0 Å². The van der Waals surface area contributed by atoms with Gasteiger partial charge in [-0.3, -0.25) is 23.9 Å². The van der Waals surface area contributed by atoms with Crippen molar-refractivity contribution < 1.29 is 36.6 Å². The fraction of sp³-hybridized carbons (Fsp3) is 0.143. The summed E-state index contributed by atoms with van der Waals surface area (Å²) < 4.78 is 65.6. The molecule has 0 fully saturated rings. The van der Waals surface area contributed by atoms with Crippen LogP contribution >= 0.6 is 0 Å². The van der Waals surface area contributed by atoms with Gasteiger partial charge in [0.05, 0.1) is 33.2 Å². The Morgan fingerprint density at radius 2 is 1.63 bits per heavy atom. The quantitative estimate of drug-likeness (QED) is 0.174. The summed E-state index contributed by atoms with van der Waals surface area (Å²) in [5, 5.41) is 12.4. The number of benzene rings is 2. The maximum atomic E-state index is 15.3. The van der Waals surface area contributed by atoms with Crippen molar-refractivity contribution in [2.45, 2.75) is 24.0 Å². The van der Waals surface area contributed by atoms with E-state index in [-0.39, 0.29) is 33.8 Å². The summed E-state index contributed by atoms with van der Waals surface area (Å²) in [4.78, 5) is 67.9. The molecule has 0 saturated heterocycles. The van der Waals surface area contributed by atoms with Gasteiger partial charge in [0.1, 0.15) is 24.1 Å². The molecule has 1 atom stereocenters. The van der Waals surface area contributed by atoms with Crippen LogP contribution in [0, 0.1) is 11.6 Å². The number of methoxy groups -OCH3 is 1. The second-order valence-electron chi connectivity index (χ2n) is 11.9. The number of nitrogens with one attached hydrogen (secondary N) is 2. The van der Waals surface area contributed by atoms with E-state index in [1.165, 1.54) is 86.0 Å². The van der Waals surface area contributed by atoms with Crippen molar-refractivity contribution in [2.75, 3.05) is 11.8 Å². The minimum atomic E-state index is -4.45. The third-order valence-electron chi connectivity index (χ3n) is 8.44. The van der Waals surface area contributed by atoms with E-state index in [2.05, 4.69) is 25.3 Å². The lowest BCUT2D eigenvalue weighted by atomic mass is 9.93. The molecule has 3 N–H and O–H groups in total. The first kappa shape index (κ1) is 37.0. The number of fused-ring (bicyclic) bond motifs is 1. The van der Waals surface area contributed by atoms with Gasteiger partial charge in [-0.05, 0) is 42.8 Å². The van der Waals surface area contributed by atoms with E-state index in [4.69, 9.17) is 4.74 Å². The highest BCUT2D eigenvalue weighted by Crippen LogP contribution is 2.27. The number of amides is 1. The molecule has 0 aliphatic heterocycles. The Morgan fingerprint density at radius 1 is 0.926 bits per heavy atom. The Hall–Kier alpha value is -6.73. The van der Waals surface area contributed by atoms with E-state index < -0.39 is 61.6 Å². The first-order chi connectivity index (χ1) is 25.6. The molecule has 0 spiro atoms. The number of rotatable bonds is 11. The van der Waals surface area contributed by atoms with Crippen LogP contribution in [0.5, 0.6) is 0 Å². The second-order valence-corrected chi connectivity index (χ2v) is 13.6. The third-order valence-corrected chi connectivity index (χ3v) is 9.82. The molecular formula is C35H28F2N8O8S. The molecule has 0 aliphatic carbocycles. The predicted octanol–water partition coefficient (Wildman–Crippen LogP) is 2.89. The van der Waals surface area contributed by atoms with Crippen molar-refractivity contribution >= 4 is 38.5 Å². The van der Waals surface area contributed by atoms with Crippen molar-refractivity contribution in [1.82, 2.24) is 34.4 Å². The molecule has 1 amide bonds. The van der Waals surface area contributed by atoms with Crippen molar-refractivity contribution in [3.05, 3.63) is 135 Å². The van der Waals surface area contributed by atoms with Crippen LogP contribution in [-0.2, 0) is 38.7 Å². The summed E-state index contributed by atoms with van der Waals surface area (Å²) in [6.07, 6.45) is 6.79. The summed E-state index contributed by atoms with van der Waals surface area (Å²) in [6, 6.07) is 10.1. The van der Waals surface area contributed by atoms with Gasteiger partial charge < -0.3 is 15.2 Å². The number of aliphatic carboxylic acids is 1. The molecule has 276 valence electrons. The first-order valence-corrected chi connectivity index (χ1v) is 17.1. The van der Waals surface area contributed by atoms with Gasteiger partial charge >= 0.3 is 11.7 Å². The normalized spacial score (nSPS) is 12.6. The summed E-state index contributed by atoms with van der Waals surface area (Å²) in [7, 11) is -1.52. The maximum Gasteiger partial charge on any atom is 0.337 e. The number of sulfonamides is 1. The number of carbonyl (C=O) groups is 2. The lowest BCUT2D eigenvalue weighted by Gasteiger charge is -2.27. The molecule has 4 aromatic heterocycles. The van der Waals surface area contributed by atoms with Crippen molar-refractivity contribution in [3.8, 4) is 16.9 Å². The number of hydrogen-bond acceptors (Lipinski definition) is 11. The molecule has 4 heterocycles. The maximum absolute atomic E-state index is 15.3. The van der Waals surface area contributed by atoms with Crippen molar-refractivity contribution in [3.63, 3.8) is 0 Å². The molecule has 6 aromatic rings. The Bertz CT molecular complexity index is 2670. The zero-order valence-electron chi connectivity index (χ0n) is 28.4. The number of carboxylic acids is 1. The van der Waals surface area contributed by atoms with E-state index in [9.17, 15) is 32.7 Å². The minimum Gasteiger partial charge on any atom is -0.479 e. The van der Waals surface area contributed by atoms with Crippen molar-refractivity contribution in [1.29, 1.82) is 0 Å². The molecule has 0 unspecified atom stereocenters. The summed E-state index contributed by atoms with van der Waals surface area (Å²) in [5.41, 5.74) is -4.22. The molecule has 2 aromatic carbocycles. The monoisotopic (exact) mass is 758 g/mol. The summed E-state index contributed by atoms with van der Waals surface area (Å²) in [6.45, 7) is 1.27. The van der Waals surface area contributed by atoms with Gasteiger partial charge in [-0.15, -0.1) is 0 Å². The number of carbonyl (C=O) groups excluding carboxylic acids is 1. The number of carboxylic acid groups (broad SMARTS) is 1. The van der Waals surface area contributed by atoms with Crippen LogP contribution in [0.2, 0.25) is 0 Å². The molecule has 16 nitrogen and oxygen atoms in total. The van der Waals surface area contributed by atoms with E-state index >= 15 is 8.78 Å². The molecule has 0 bridgehead atoms. The zero-order chi connectivity index (χ0) is 38.9. The fourth-order valence-corrected chi connectivity index (χ4v) is 6.45. The Kier molecular flexibility index (Phi) is 9.85. The van der Waals surface area contributed by atoms with Crippen LogP contribution in [-0.4, -0.2) is 61.6 Å². The number of aryl methyl sites for hydroxylation is 1. The Balaban J connectivity index is 1.21. The van der Waals surface area contributed by atoms with Gasteiger partial charge in [-0.1, -0.05) is 18.2 Å². The topological polar surface area (TPSA) is 217 Å². The average Bonchev–Trinajstić information content (AvgIpc) is 3.16. The molecule has 0 aliphatic rings. The predicted molar refractivity (Wildman–Crippen MR) is 188 cm³/mol. The molecule has 19 heteroatoms. The van der Waals surface area contributed by atoms with E-state index in [1.807, 2.05) is 4.72 Å². The summed E-state index contributed by atoms with van der Waals surface area (Å²) >= 11 is 0. The highest BCUT2D eigenvalue weighted by atomic mass is 32.2. The lowest BCUT2D eigenvalue weighted by molar-refractivity contribution is -0.144. The molecule has 0 radical (unpaired) electrons. The standard InChI is InChI=1S/C35H28F2N8O8S/c1-35(33(48)49,21-6-9-30(41-16-21)45-32(47)23-10-11-38-17-28(23)44(2)34(45)50)42-31(46)24-12-26(37)27(13-25(24)36)43-54(51,52)22-7-4-19(5-8-22)20-14-39-29(18-53-3)40-15-20/h4-17,43H,18H2,1-3H3,(H,42,46)(H,48,49)/t35-/m0/s1. The number of hydrogen-bond donors (Lipinski definition) is 3. The molecular weight excluding hydrogens is 730 g/mol. The lowest BCUT2D eigenvalue weighted by Crippen LogP contribution is -2.50. The smallest absolute Gasteiger partial charge is 0.337 e. The van der Waals surface area contributed by atoms with Crippen LogP contribution in [0.15, 0.2) is 100 Å². The van der Waals surface area contributed by atoms with Gasteiger partial charge in [0, 0.05) is 56.1 Å². The highest BCUT2D eigenvalue weighted by molar-refractivity contribution is 7.92. The fourth-order valence-electron chi connectivity index (χ4n) is 5.39. The van der Waals surface area contributed by atoms with Gasteiger partial charge in [0.25, 0.3) is 21.5 Å². The first-order valence-electron chi connectivity index (χ1n) is 15.7. The van der Waals surface area contributed by atoms with Crippen LogP contribution in [0.25, 0.3) is 27.8 Å². The van der Waals surface area contributed by atoms with Gasteiger partial charge in [-0.25, -0.2) is 46.3 Å². The van der Waals surface area contributed by atoms with Gasteiger partial charge in [-0.2, -0.15) is 0 Å². The average molecular weight is 759 g/mol. The molecule has 0 saturated carbocycles. The second kappa shape index (κ2) is 14.4.